The van der Waals surface area contributed by atoms with Gasteiger partial charge in [0.15, 0.2) is 0 Å². The number of carbonyl (C=O) groups excluding carboxylic acids is 1. The Morgan fingerprint density at radius 3 is 2.43 bits per heavy atom. The summed E-state index contributed by atoms with van der Waals surface area (Å²) >= 11 is 0. The van der Waals surface area contributed by atoms with Crippen molar-refractivity contribution in [3.05, 3.63) is 29.3 Å². The molecule has 1 aliphatic carbocycles. The van der Waals surface area contributed by atoms with Crippen LogP contribution in [0.5, 0.6) is 0 Å². The maximum atomic E-state index is 12.0. The van der Waals surface area contributed by atoms with E-state index in [9.17, 15) is 9.90 Å². The van der Waals surface area contributed by atoms with Gasteiger partial charge in [-0.25, -0.2) is 4.79 Å². The fourth-order valence-corrected chi connectivity index (χ4v) is 2.95. The Bertz CT molecular complexity index is 480. The van der Waals surface area contributed by atoms with Crippen molar-refractivity contribution in [3.63, 3.8) is 0 Å². The first-order valence-electron chi connectivity index (χ1n) is 7.99. The predicted octanol–water partition coefficient (Wildman–Crippen LogP) is 3.24. The molecule has 0 heterocycles. The van der Waals surface area contributed by atoms with Gasteiger partial charge in [0.25, 0.3) is 0 Å². The minimum Gasteiger partial charge on any atom is -0.393 e. The van der Waals surface area contributed by atoms with Gasteiger partial charge in [-0.1, -0.05) is 19.9 Å². The number of nitrogens with one attached hydrogen (secondary N) is 2. The normalized spacial score (nSPS) is 21.9. The van der Waals surface area contributed by atoms with E-state index < -0.39 is 0 Å². The van der Waals surface area contributed by atoms with Gasteiger partial charge in [-0.3, -0.25) is 0 Å². The molecule has 0 radical (unpaired) electrons. The molecule has 0 unspecified atom stereocenters. The zero-order chi connectivity index (χ0) is 15.2. The molecule has 116 valence electrons. The third-order valence-electron chi connectivity index (χ3n) is 4.26. The molecule has 0 atom stereocenters. The van der Waals surface area contributed by atoms with Crippen molar-refractivity contribution in [1.29, 1.82) is 0 Å². The van der Waals surface area contributed by atoms with Crippen LogP contribution in [0.2, 0.25) is 0 Å². The second-order valence-electron chi connectivity index (χ2n) is 5.79. The van der Waals surface area contributed by atoms with Gasteiger partial charge in [0.1, 0.15) is 0 Å². The van der Waals surface area contributed by atoms with Gasteiger partial charge >= 0.3 is 6.03 Å². The molecule has 0 bridgehead atoms. The minimum absolute atomic E-state index is 0.150. The molecule has 4 nitrogen and oxygen atoms in total. The molecule has 0 saturated heterocycles. The molecule has 3 N–H and O–H groups in total. The maximum absolute atomic E-state index is 12.0. The summed E-state index contributed by atoms with van der Waals surface area (Å²) in [6, 6.07) is 6.13. The molecule has 21 heavy (non-hydrogen) atoms. The number of hydrogen-bond donors (Lipinski definition) is 3. The van der Waals surface area contributed by atoms with Crippen molar-refractivity contribution in [3.8, 4) is 0 Å². The average molecular weight is 290 g/mol. The molecule has 2 rings (SSSR count). The Hall–Kier alpha value is -1.55. The third-order valence-corrected chi connectivity index (χ3v) is 4.26. The summed E-state index contributed by atoms with van der Waals surface area (Å²) in [6.07, 6.45) is 5.04. The number of aliphatic hydroxyl groups excluding tert-OH is 1. The van der Waals surface area contributed by atoms with Gasteiger partial charge in [0, 0.05) is 11.7 Å². The average Bonchev–Trinajstić information content (AvgIpc) is 2.49. The molecule has 0 aliphatic heterocycles. The number of urea groups is 1. The number of carbonyl (C=O) groups is 1. The zero-order valence-corrected chi connectivity index (χ0v) is 13.0. The smallest absolute Gasteiger partial charge is 0.319 e. The molecule has 2 amide bonds. The highest BCUT2D eigenvalue weighted by Crippen LogP contribution is 2.19. The van der Waals surface area contributed by atoms with Crippen LogP contribution in [-0.2, 0) is 12.8 Å². The maximum Gasteiger partial charge on any atom is 0.319 e. The highest BCUT2D eigenvalue weighted by Gasteiger charge is 2.20. The Morgan fingerprint density at radius 2 is 1.81 bits per heavy atom. The monoisotopic (exact) mass is 290 g/mol. The lowest BCUT2D eigenvalue weighted by molar-refractivity contribution is 0.118. The van der Waals surface area contributed by atoms with Crippen LogP contribution < -0.4 is 10.6 Å². The second-order valence-corrected chi connectivity index (χ2v) is 5.79. The summed E-state index contributed by atoms with van der Waals surface area (Å²) in [7, 11) is 0. The Labute approximate surface area is 126 Å². The number of aryl methyl sites for hydroxylation is 2. The molecule has 1 saturated carbocycles. The van der Waals surface area contributed by atoms with Crippen LogP contribution >= 0.6 is 0 Å². The minimum atomic E-state index is -0.195. The summed E-state index contributed by atoms with van der Waals surface area (Å²) in [6.45, 7) is 4.28. The molecule has 1 aromatic carbocycles. The number of rotatable bonds is 4. The predicted molar refractivity (Wildman–Crippen MR) is 85.6 cm³/mol. The molecule has 0 aromatic heterocycles. The lowest BCUT2D eigenvalue weighted by atomic mass is 9.93. The molecule has 4 heteroatoms. The number of aliphatic hydroxyl groups is 1. The van der Waals surface area contributed by atoms with E-state index in [1.54, 1.807) is 0 Å². The van der Waals surface area contributed by atoms with Crippen LogP contribution in [0, 0.1) is 0 Å². The van der Waals surface area contributed by atoms with E-state index in [0.717, 1.165) is 44.2 Å². The standard InChI is InChI=1S/C17H26N2O2/c1-3-12-5-6-15(11-13(12)4-2)19-17(21)18-14-7-9-16(20)10-8-14/h5-6,11,14,16,20H,3-4,7-10H2,1-2H3,(H2,18,19,21). The second kappa shape index (κ2) is 7.46. The van der Waals surface area contributed by atoms with Crippen molar-refractivity contribution < 1.29 is 9.90 Å². The van der Waals surface area contributed by atoms with Crippen molar-refractivity contribution in [1.82, 2.24) is 5.32 Å². The summed E-state index contributed by atoms with van der Waals surface area (Å²) < 4.78 is 0. The van der Waals surface area contributed by atoms with Crippen molar-refractivity contribution in [2.45, 2.75) is 64.5 Å². The van der Waals surface area contributed by atoms with Gasteiger partial charge in [0.2, 0.25) is 0 Å². The van der Waals surface area contributed by atoms with Crippen LogP contribution in [0.1, 0.15) is 50.7 Å². The van der Waals surface area contributed by atoms with E-state index in [0.29, 0.717) is 0 Å². The molecule has 0 spiro atoms. The fourth-order valence-electron chi connectivity index (χ4n) is 2.95. The summed E-state index contributed by atoms with van der Waals surface area (Å²) in [5.74, 6) is 0. The van der Waals surface area contributed by atoms with Crippen LogP contribution in [0.15, 0.2) is 18.2 Å². The van der Waals surface area contributed by atoms with Crippen LogP contribution in [0.3, 0.4) is 0 Å². The Morgan fingerprint density at radius 1 is 1.14 bits per heavy atom. The molecular weight excluding hydrogens is 264 g/mol. The van der Waals surface area contributed by atoms with Crippen LogP contribution in [0.4, 0.5) is 10.5 Å². The quantitative estimate of drug-likeness (QED) is 0.797. The van der Waals surface area contributed by atoms with E-state index in [1.807, 2.05) is 6.07 Å². The molecule has 1 aromatic rings. The van der Waals surface area contributed by atoms with E-state index in [2.05, 4.69) is 36.6 Å². The topological polar surface area (TPSA) is 61.4 Å². The Kier molecular flexibility index (Phi) is 5.62. The summed E-state index contributed by atoms with van der Waals surface area (Å²) in [5.41, 5.74) is 3.47. The number of amides is 2. The van der Waals surface area contributed by atoms with Gasteiger partial charge in [0.05, 0.1) is 6.10 Å². The number of benzene rings is 1. The zero-order valence-electron chi connectivity index (χ0n) is 13.0. The highest BCUT2D eigenvalue weighted by atomic mass is 16.3. The lowest BCUT2D eigenvalue weighted by Crippen LogP contribution is -2.40. The first-order chi connectivity index (χ1) is 10.1. The lowest BCUT2D eigenvalue weighted by Gasteiger charge is -2.26. The van der Waals surface area contributed by atoms with Gasteiger partial charge in [-0.15, -0.1) is 0 Å². The van der Waals surface area contributed by atoms with Gasteiger partial charge < -0.3 is 15.7 Å². The third kappa shape index (κ3) is 4.46. The summed E-state index contributed by atoms with van der Waals surface area (Å²) in [4.78, 5) is 12.0. The van der Waals surface area contributed by atoms with Gasteiger partial charge in [-0.05, 0) is 61.8 Å². The molecular formula is C17H26N2O2. The van der Waals surface area contributed by atoms with E-state index in [-0.39, 0.29) is 18.2 Å². The van der Waals surface area contributed by atoms with Crippen molar-refractivity contribution in [2.24, 2.45) is 0 Å². The number of hydrogen-bond acceptors (Lipinski definition) is 2. The van der Waals surface area contributed by atoms with Crippen molar-refractivity contribution >= 4 is 11.7 Å². The largest absolute Gasteiger partial charge is 0.393 e. The first kappa shape index (κ1) is 15.8. The van der Waals surface area contributed by atoms with E-state index in [4.69, 9.17) is 0 Å². The SMILES string of the molecule is CCc1ccc(NC(=O)NC2CCC(O)CC2)cc1CC. The molecule has 1 fully saturated rings. The fraction of sp³-hybridized carbons (Fsp3) is 0.588. The highest BCUT2D eigenvalue weighted by molar-refractivity contribution is 5.89. The Balaban J connectivity index is 1.90. The van der Waals surface area contributed by atoms with Crippen molar-refractivity contribution in [2.75, 3.05) is 5.32 Å². The summed E-state index contributed by atoms with van der Waals surface area (Å²) in [5, 5.41) is 15.4. The van der Waals surface area contributed by atoms with Gasteiger partial charge in [-0.2, -0.15) is 0 Å². The van der Waals surface area contributed by atoms with Crippen LogP contribution in [-0.4, -0.2) is 23.3 Å². The van der Waals surface area contributed by atoms with E-state index in [1.165, 1.54) is 11.1 Å². The first-order valence-corrected chi connectivity index (χ1v) is 7.99. The molecule has 1 aliphatic rings. The van der Waals surface area contributed by atoms with Crippen LogP contribution in [0.25, 0.3) is 0 Å². The van der Waals surface area contributed by atoms with E-state index >= 15 is 0 Å². The number of anilines is 1.